The summed E-state index contributed by atoms with van der Waals surface area (Å²) in [6.45, 7) is 8.62. The van der Waals surface area contributed by atoms with E-state index in [4.69, 9.17) is 4.74 Å². The van der Waals surface area contributed by atoms with Crippen LogP contribution in [0.4, 0.5) is 4.79 Å². The van der Waals surface area contributed by atoms with Crippen molar-refractivity contribution < 1.29 is 9.53 Å². The quantitative estimate of drug-likeness (QED) is 0.548. The lowest BCUT2D eigenvalue weighted by molar-refractivity contribution is 0.0474. The molecule has 1 aliphatic rings. The van der Waals surface area contributed by atoms with Crippen LogP contribution in [0.3, 0.4) is 0 Å². The summed E-state index contributed by atoms with van der Waals surface area (Å²) in [7, 11) is 0. The van der Waals surface area contributed by atoms with Gasteiger partial charge in [0, 0.05) is 6.04 Å². The maximum absolute atomic E-state index is 11.8. The van der Waals surface area contributed by atoms with Crippen LogP contribution in [-0.2, 0) is 4.74 Å². The number of amides is 1. The van der Waals surface area contributed by atoms with Crippen LogP contribution in [0, 0.1) is 0 Å². The van der Waals surface area contributed by atoms with E-state index in [-0.39, 0.29) is 6.09 Å². The molecule has 1 unspecified atom stereocenters. The maximum Gasteiger partial charge on any atom is 0.408 e. The number of hydrogen-bond donors (Lipinski definition) is 3. The molecule has 0 aromatic carbocycles. The van der Waals surface area contributed by atoms with Crippen LogP contribution < -0.4 is 10.6 Å². The zero-order chi connectivity index (χ0) is 13.8. The Labute approximate surface area is 116 Å². The number of thiol groups is 1. The van der Waals surface area contributed by atoms with Gasteiger partial charge in [-0.2, -0.15) is 12.6 Å². The van der Waals surface area contributed by atoms with E-state index in [2.05, 4.69) is 30.2 Å². The highest BCUT2D eigenvalue weighted by Gasteiger charge is 2.35. The Hall–Kier alpha value is -0.420. The predicted octanol–water partition coefficient (Wildman–Crippen LogP) is 2.69. The van der Waals surface area contributed by atoms with Gasteiger partial charge in [0.2, 0.25) is 0 Å². The van der Waals surface area contributed by atoms with Crippen LogP contribution >= 0.6 is 12.6 Å². The van der Waals surface area contributed by atoms with Crippen LogP contribution in [0.25, 0.3) is 0 Å². The third-order valence-corrected chi connectivity index (χ3v) is 3.47. The third-order valence-electron chi connectivity index (χ3n) is 2.95. The molecule has 0 spiro atoms. The zero-order valence-electron chi connectivity index (χ0n) is 11.9. The third kappa shape index (κ3) is 5.48. The molecule has 106 valence electrons. The average molecular weight is 274 g/mol. The maximum atomic E-state index is 11.8. The van der Waals surface area contributed by atoms with Gasteiger partial charge >= 0.3 is 6.09 Å². The normalized spacial score (nSPS) is 28.8. The Morgan fingerprint density at radius 1 is 1.50 bits per heavy atom. The van der Waals surface area contributed by atoms with E-state index in [0.29, 0.717) is 6.04 Å². The van der Waals surface area contributed by atoms with Crippen LogP contribution in [0.2, 0.25) is 0 Å². The summed E-state index contributed by atoms with van der Waals surface area (Å²) in [4.78, 5) is 11.3. The fourth-order valence-corrected chi connectivity index (χ4v) is 2.79. The van der Waals surface area contributed by atoms with Crippen molar-refractivity contribution in [3.05, 3.63) is 0 Å². The largest absolute Gasteiger partial charge is 0.444 e. The molecule has 1 rings (SSSR count). The topological polar surface area (TPSA) is 50.4 Å². The molecule has 0 aliphatic heterocycles. The standard InChI is InChI=1S/C13H26N2O2S/c1-5-14-10-7-6-8-13(18,9-10)15-11(16)17-12(2,3)4/h10,14,18H,5-9H2,1-4H3,(H,15,16)/t10-,13?/m0/s1. The molecule has 0 radical (unpaired) electrons. The predicted molar refractivity (Wildman–Crippen MR) is 77.0 cm³/mol. The Bertz CT molecular complexity index is 289. The Kier molecular flexibility index (Phi) is 5.34. The Morgan fingerprint density at radius 2 is 2.17 bits per heavy atom. The molecule has 0 aromatic rings. The molecule has 0 saturated heterocycles. The lowest BCUT2D eigenvalue weighted by Crippen LogP contribution is -2.52. The number of nitrogens with one attached hydrogen (secondary N) is 2. The van der Waals surface area contributed by atoms with Crippen LogP contribution in [0.5, 0.6) is 0 Å². The fraction of sp³-hybridized carbons (Fsp3) is 0.923. The number of hydrogen-bond acceptors (Lipinski definition) is 4. The molecule has 1 fully saturated rings. The number of carbonyl (C=O) groups excluding carboxylic acids is 1. The van der Waals surface area contributed by atoms with Crippen LogP contribution in [-0.4, -0.2) is 29.2 Å². The molecule has 0 aromatic heterocycles. The molecule has 0 bridgehead atoms. The Balaban J connectivity index is 2.50. The first-order valence-electron chi connectivity index (χ1n) is 6.71. The molecule has 4 nitrogen and oxygen atoms in total. The van der Waals surface area contributed by atoms with Crippen molar-refractivity contribution in [3.8, 4) is 0 Å². The number of alkyl carbamates (subject to hydrolysis) is 1. The van der Waals surface area contributed by atoms with Crippen molar-refractivity contribution >= 4 is 18.7 Å². The monoisotopic (exact) mass is 274 g/mol. The van der Waals surface area contributed by atoms with Crippen molar-refractivity contribution in [3.63, 3.8) is 0 Å². The minimum Gasteiger partial charge on any atom is -0.444 e. The molecule has 0 heterocycles. The van der Waals surface area contributed by atoms with Crippen molar-refractivity contribution in [2.24, 2.45) is 0 Å². The van der Waals surface area contributed by atoms with Gasteiger partial charge in [0.15, 0.2) is 0 Å². The molecular formula is C13H26N2O2S. The number of rotatable bonds is 3. The average Bonchev–Trinajstić information content (AvgIpc) is 2.13. The number of ether oxygens (including phenoxy) is 1. The first kappa shape index (κ1) is 15.6. The van der Waals surface area contributed by atoms with Gasteiger partial charge in [-0.15, -0.1) is 0 Å². The molecular weight excluding hydrogens is 248 g/mol. The van der Waals surface area contributed by atoms with Gasteiger partial charge in [0.25, 0.3) is 0 Å². The lowest BCUT2D eigenvalue weighted by Gasteiger charge is -2.38. The van der Waals surface area contributed by atoms with Gasteiger partial charge in [0.1, 0.15) is 5.60 Å². The lowest BCUT2D eigenvalue weighted by atomic mass is 9.90. The molecule has 18 heavy (non-hydrogen) atoms. The second-order valence-electron chi connectivity index (χ2n) is 6.01. The molecule has 1 aliphatic carbocycles. The highest BCUT2D eigenvalue weighted by molar-refractivity contribution is 7.81. The summed E-state index contributed by atoms with van der Waals surface area (Å²) in [5.74, 6) is 0. The van der Waals surface area contributed by atoms with E-state index in [1.165, 1.54) is 0 Å². The van der Waals surface area contributed by atoms with Crippen molar-refractivity contribution in [2.45, 2.75) is 69.9 Å². The summed E-state index contributed by atoms with van der Waals surface area (Å²) < 4.78 is 5.28. The number of carbonyl (C=O) groups is 1. The summed E-state index contributed by atoms with van der Waals surface area (Å²) in [6.07, 6.45) is 3.55. The highest BCUT2D eigenvalue weighted by atomic mass is 32.1. The second-order valence-corrected chi connectivity index (χ2v) is 6.87. The summed E-state index contributed by atoms with van der Waals surface area (Å²) >= 11 is 4.64. The molecule has 5 heteroatoms. The minimum absolute atomic E-state index is 0.380. The van der Waals surface area contributed by atoms with Gasteiger partial charge < -0.3 is 15.4 Å². The first-order valence-corrected chi connectivity index (χ1v) is 7.16. The van der Waals surface area contributed by atoms with Crippen molar-refractivity contribution in [1.29, 1.82) is 0 Å². The fourth-order valence-electron chi connectivity index (χ4n) is 2.32. The van der Waals surface area contributed by atoms with Crippen molar-refractivity contribution in [2.75, 3.05) is 6.54 Å². The molecule has 2 atom stereocenters. The summed E-state index contributed by atoms with van der Waals surface area (Å²) in [5.41, 5.74) is -0.468. The van der Waals surface area contributed by atoms with Crippen LogP contribution in [0.1, 0.15) is 53.4 Å². The van der Waals surface area contributed by atoms with Crippen LogP contribution in [0.15, 0.2) is 0 Å². The van der Waals surface area contributed by atoms with E-state index in [1.54, 1.807) is 0 Å². The molecule has 1 amide bonds. The van der Waals surface area contributed by atoms with E-state index in [1.807, 2.05) is 20.8 Å². The first-order chi connectivity index (χ1) is 8.24. The van der Waals surface area contributed by atoms with Gasteiger partial charge in [-0.1, -0.05) is 6.92 Å². The van der Waals surface area contributed by atoms with E-state index >= 15 is 0 Å². The highest BCUT2D eigenvalue weighted by Crippen LogP contribution is 2.31. The molecule has 1 saturated carbocycles. The van der Waals surface area contributed by atoms with Gasteiger partial charge in [-0.25, -0.2) is 4.79 Å². The van der Waals surface area contributed by atoms with E-state index in [9.17, 15) is 4.79 Å². The van der Waals surface area contributed by atoms with Gasteiger partial charge in [0.05, 0.1) is 4.87 Å². The zero-order valence-corrected chi connectivity index (χ0v) is 12.8. The van der Waals surface area contributed by atoms with Crippen molar-refractivity contribution in [1.82, 2.24) is 10.6 Å². The van der Waals surface area contributed by atoms with E-state index in [0.717, 1.165) is 32.2 Å². The summed E-state index contributed by atoms with van der Waals surface area (Å²) in [6, 6.07) is 0.427. The SMILES string of the molecule is CCN[C@H]1CCCC(S)(NC(=O)OC(C)(C)C)C1. The second kappa shape index (κ2) is 6.15. The Morgan fingerprint density at radius 3 is 2.72 bits per heavy atom. The van der Waals surface area contributed by atoms with E-state index < -0.39 is 10.5 Å². The van der Waals surface area contributed by atoms with Gasteiger partial charge in [-0.05, 0) is 53.0 Å². The minimum atomic E-state index is -0.468. The van der Waals surface area contributed by atoms with Gasteiger partial charge in [-0.3, -0.25) is 0 Å². The smallest absolute Gasteiger partial charge is 0.408 e. The molecule has 2 N–H and O–H groups in total. The summed E-state index contributed by atoms with van der Waals surface area (Å²) in [5, 5.41) is 6.32.